The van der Waals surface area contributed by atoms with Crippen molar-refractivity contribution >= 4 is 11.1 Å². The molecule has 0 amide bonds. The molecule has 1 unspecified atom stereocenters. The predicted octanol–water partition coefficient (Wildman–Crippen LogP) is 2.60. The third-order valence-corrected chi connectivity index (χ3v) is 3.11. The highest BCUT2D eigenvalue weighted by atomic mass is 32.2. The first-order chi connectivity index (χ1) is 8.20. The predicted molar refractivity (Wildman–Crippen MR) is 65.6 cm³/mol. The Labute approximate surface area is 102 Å². The van der Waals surface area contributed by atoms with Gasteiger partial charge < -0.3 is 9.29 Å². The lowest BCUT2D eigenvalue weighted by molar-refractivity contribution is 0.415. The molecular formula is C13H11O3S-. The Kier molecular flexibility index (Phi) is 3.56. The highest BCUT2D eigenvalue weighted by molar-refractivity contribution is 7.79. The average molecular weight is 247 g/mol. The maximum Gasteiger partial charge on any atom is 0.119 e. The normalized spacial score (nSPS) is 12.1. The van der Waals surface area contributed by atoms with Crippen LogP contribution in [0.1, 0.15) is 0 Å². The highest BCUT2D eigenvalue weighted by Crippen LogP contribution is 2.24. The van der Waals surface area contributed by atoms with Crippen LogP contribution >= 0.6 is 0 Å². The quantitative estimate of drug-likeness (QED) is 0.783. The van der Waals surface area contributed by atoms with Crippen LogP contribution in [0.4, 0.5) is 0 Å². The molecule has 0 aliphatic rings. The Morgan fingerprint density at radius 2 is 1.76 bits per heavy atom. The van der Waals surface area contributed by atoms with Gasteiger partial charge in [-0.1, -0.05) is 24.3 Å². The van der Waals surface area contributed by atoms with Gasteiger partial charge in [-0.15, -0.1) is 0 Å². The molecule has 0 saturated heterocycles. The van der Waals surface area contributed by atoms with Gasteiger partial charge >= 0.3 is 0 Å². The van der Waals surface area contributed by atoms with Crippen LogP contribution in [0.5, 0.6) is 5.75 Å². The minimum absolute atomic E-state index is 0.289. The Morgan fingerprint density at radius 1 is 1.06 bits per heavy atom. The van der Waals surface area contributed by atoms with Gasteiger partial charge in [0.2, 0.25) is 0 Å². The summed E-state index contributed by atoms with van der Waals surface area (Å²) in [5, 5.41) is 0. The molecule has 4 heteroatoms. The van der Waals surface area contributed by atoms with Gasteiger partial charge in [-0.25, -0.2) is 0 Å². The molecule has 0 saturated carbocycles. The Hall–Kier alpha value is -1.65. The second-order valence-electron chi connectivity index (χ2n) is 3.49. The lowest BCUT2D eigenvalue weighted by atomic mass is 10.1. The van der Waals surface area contributed by atoms with Crippen LogP contribution in [0.15, 0.2) is 53.4 Å². The highest BCUT2D eigenvalue weighted by Gasteiger charge is 2.00. The Morgan fingerprint density at radius 3 is 2.35 bits per heavy atom. The number of methoxy groups -OCH3 is 1. The summed E-state index contributed by atoms with van der Waals surface area (Å²) in [6, 6.07) is 14.3. The third kappa shape index (κ3) is 2.72. The molecule has 2 aromatic rings. The van der Waals surface area contributed by atoms with Crippen molar-refractivity contribution in [2.75, 3.05) is 7.11 Å². The van der Waals surface area contributed by atoms with Crippen molar-refractivity contribution in [3.8, 4) is 16.9 Å². The summed E-state index contributed by atoms with van der Waals surface area (Å²) in [5.74, 6) is 0.777. The van der Waals surface area contributed by atoms with Crippen molar-refractivity contribution < 1.29 is 13.5 Å². The number of hydrogen-bond donors (Lipinski definition) is 0. The molecule has 17 heavy (non-hydrogen) atoms. The zero-order valence-electron chi connectivity index (χ0n) is 9.25. The van der Waals surface area contributed by atoms with Gasteiger partial charge in [0.05, 0.1) is 7.11 Å². The van der Waals surface area contributed by atoms with Gasteiger partial charge in [-0.05, 0) is 46.5 Å². The summed E-state index contributed by atoms with van der Waals surface area (Å²) in [6.07, 6.45) is 0. The second kappa shape index (κ2) is 5.12. The molecule has 0 aromatic heterocycles. The Balaban J connectivity index is 2.36. The van der Waals surface area contributed by atoms with E-state index in [1.54, 1.807) is 31.4 Å². The average Bonchev–Trinajstić information content (AvgIpc) is 2.39. The first-order valence-electron chi connectivity index (χ1n) is 5.04. The van der Waals surface area contributed by atoms with Crippen LogP contribution in [-0.4, -0.2) is 15.9 Å². The van der Waals surface area contributed by atoms with Crippen molar-refractivity contribution in [2.45, 2.75) is 4.90 Å². The van der Waals surface area contributed by atoms with E-state index in [1.165, 1.54) is 0 Å². The van der Waals surface area contributed by atoms with Crippen molar-refractivity contribution in [3.63, 3.8) is 0 Å². The van der Waals surface area contributed by atoms with Gasteiger partial charge in [0.15, 0.2) is 0 Å². The van der Waals surface area contributed by atoms with Gasteiger partial charge in [-0.3, -0.25) is 4.21 Å². The summed E-state index contributed by atoms with van der Waals surface area (Å²) in [6.45, 7) is 0. The monoisotopic (exact) mass is 247 g/mol. The number of ether oxygens (including phenoxy) is 1. The molecule has 0 spiro atoms. The third-order valence-electron chi connectivity index (χ3n) is 2.45. The van der Waals surface area contributed by atoms with E-state index in [2.05, 4.69) is 0 Å². The van der Waals surface area contributed by atoms with E-state index in [4.69, 9.17) is 4.74 Å². The van der Waals surface area contributed by atoms with E-state index >= 15 is 0 Å². The second-order valence-corrected chi connectivity index (χ2v) is 4.43. The fraction of sp³-hybridized carbons (Fsp3) is 0.0769. The van der Waals surface area contributed by atoms with E-state index in [1.807, 2.05) is 24.3 Å². The molecule has 0 aliphatic carbocycles. The minimum Gasteiger partial charge on any atom is -0.768 e. The molecule has 2 aromatic carbocycles. The zero-order chi connectivity index (χ0) is 12.3. The van der Waals surface area contributed by atoms with Crippen molar-refractivity contribution in [2.24, 2.45) is 0 Å². The molecule has 0 N–H and O–H groups in total. The fourth-order valence-electron chi connectivity index (χ4n) is 1.56. The molecule has 0 fully saturated rings. The fourth-order valence-corrected chi connectivity index (χ4v) is 1.92. The molecule has 1 atom stereocenters. The lowest BCUT2D eigenvalue weighted by Gasteiger charge is -2.07. The summed E-state index contributed by atoms with van der Waals surface area (Å²) in [4.78, 5) is 0.289. The summed E-state index contributed by atoms with van der Waals surface area (Å²) >= 11 is -2.17. The lowest BCUT2D eigenvalue weighted by Crippen LogP contribution is -1.88. The number of rotatable bonds is 3. The summed E-state index contributed by atoms with van der Waals surface area (Å²) in [7, 11) is 1.61. The molecule has 88 valence electrons. The van der Waals surface area contributed by atoms with Crippen LogP contribution in [0.2, 0.25) is 0 Å². The maximum atomic E-state index is 10.7. The van der Waals surface area contributed by atoms with Gasteiger partial charge in [0.1, 0.15) is 5.75 Å². The van der Waals surface area contributed by atoms with Gasteiger partial charge in [0.25, 0.3) is 0 Å². The van der Waals surface area contributed by atoms with Crippen molar-refractivity contribution in [1.29, 1.82) is 0 Å². The molecule has 2 rings (SSSR count). The molecule has 0 aliphatic heterocycles. The van der Waals surface area contributed by atoms with Gasteiger partial charge in [-0.2, -0.15) is 0 Å². The van der Waals surface area contributed by atoms with Crippen LogP contribution in [0, 0.1) is 0 Å². The van der Waals surface area contributed by atoms with Crippen molar-refractivity contribution in [1.82, 2.24) is 0 Å². The van der Waals surface area contributed by atoms with E-state index in [0.717, 1.165) is 16.9 Å². The zero-order valence-corrected chi connectivity index (χ0v) is 10.1. The van der Waals surface area contributed by atoms with Crippen LogP contribution in [0.25, 0.3) is 11.1 Å². The van der Waals surface area contributed by atoms with Gasteiger partial charge in [0, 0.05) is 4.90 Å². The van der Waals surface area contributed by atoms with Crippen LogP contribution in [-0.2, 0) is 11.1 Å². The number of hydrogen-bond acceptors (Lipinski definition) is 3. The number of benzene rings is 2. The van der Waals surface area contributed by atoms with Crippen LogP contribution in [0.3, 0.4) is 0 Å². The maximum absolute atomic E-state index is 10.7. The molecule has 0 radical (unpaired) electrons. The molecule has 0 bridgehead atoms. The molecular weight excluding hydrogens is 236 g/mol. The topological polar surface area (TPSA) is 49.4 Å². The largest absolute Gasteiger partial charge is 0.768 e. The van der Waals surface area contributed by atoms with E-state index in [0.29, 0.717) is 0 Å². The molecule has 0 heterocycles. The SMILES string of the molecule is COc1cccc(-c2ccc(S(=O)[O-])cc2)c1. The van der Waals surface area contributed by atoms with E-state index in [-0.39, 0.29) is 4.90 Å². The van der Waals surface area contributed by atoms with Crippen LogP contribution < -0.4 is 4.74 Å². The first kappa shape index (κ1) is 11.8. The van der Waals surface area contributed by atoms with E-state index in [9.17, 15) is 8.76 Å². The Bertz CT molecular complexity index is 535. The smallest absolute Gasteiger partial charge is 0.119 e. The molecule has 3 nitrogen and oxygen atoms in total. The van der Waals surface area contributed by atoms with E-state index < -0.39 is 11.1 Å². The summed E-state index contributed by atoms with van der Waals surface area (Å²) in [5.41, 5.74) is 1.95. The summed E-state index contributed by atoms with van der Waals surface area (Å²) < 4.78 is 26.6. The standard InChI is InChI=1S/C13H12O3S/c1-16-12-4-2-3-11(9-12)10-5-7-13(8-6-10)17(14)15/h2-9H,1H3,(H,14,15)/p-1. The minimum atomic E-state index is -2.17. The van der Waals surface area contributed by atoms with Crippen molar-refractivity contribution in [3.05, 3.63) is 48.5 Å². The first-order valence-corrected chi connectivity index (χ1v) is 6.12.